The number of aromatic nitrogens is 2. The second-order valence-corrected chi connectivity index (χ2v) is 9.13. The maximum Gasteiger partial charge on any atom is 0.247 e. The van der Waals surface area contributed by atoms with Crippen molar-refractivity contribution >= 4 is 31.7 Å². The van der Waals surface area contributed by atoms with E-state index in [-0.39, 0.29) is 16.8 Å². The summed E-state index contributed by atoms with van der Waals surface area (Å²) in [6.07, 6.45) is 4.53. The predicted molar refractivity (Wildman–Crippen MR) is 95.4 cm³/mol. The summed E-state index contributed by atoms with van der Waals surface area (Å²) in [5, 5.41) is 7.11. The second kappa shape index (κ2) is 6.68. The molecule has 1 heterocycles. The number of rotatable bonds is 5. The molecule has 0 radical (unpaired) electrons. The average Bonchev–Trinajstić information content (AvgIpc) is 2.93. The molecule has 1 N–H and O–H groups in total. The van der Waals surface area contributed by atoms with Crippen molar-refractivity contribution in [3.05, 3.63) is 46.7 Å². The SMILES string of the molecule is C[C@@H](NC(=O)C(C)(C)n1cc(Br)cn1)c1ccc(S(C)(=O)=O)cc1. The molecule has 0 spiro atoms. The van der Waals surface area contributed by atoms with Crippen molar-refractivity contribution in [2.75, 3.05) is 6.26 Å². The van der Waals surface area contributed by atoms with Crippen molar-refractivity contribution in [3.8, 4) is 0 Å². The molecule has 0 saturated carbocycles. The largest absolute Gasteiger partial charge is 0.347 e. The molecule has 0 aliphatic heterocycles. The highest BCUT2D eigenvalue weighted by Crippen LogP contribution is 2.21. The maximum atomic E-state index is 12.6. The molecule has 8 heteroatoms. The van der Waals surface area contributed by atoms with Gasteiger partial charge in [0.25, 0.3) is 0 Å². The Kier molecular flexibility index (Phi) is 5.19. The topological polar surface area (TPSA) is 81.1 Å². The zero-order valence-corrected chi connectivity index (χ0v) is 16.3. The number of nitrogens with zero attached hydrogens (tertiary/aromatic N) is 2. The van der Waals surface area contributed by atoms with Crippen LogP contribution >= 0.6 is 15.9 Å². The van der Waals surface area contributed by atoms with Crippen molar-refractivity contribution in [1.82, 2.24) is 15.1 Å². The van der Waals surface area contributed by atoms with E-state index in [1.165, 1.54) is 0 Å². The third kappa shape index (κ3) is 4.05. The van der Waals surface area contributed by atoms with Crippen LogP contribution in [0.4, 0.5) is 0 Å². The van der Waals surface area contributed by atoms with Crippen LogP contribution in [-0.2, 0) is 20.2 Å². The average molecular weight is 414 g/mol. The first-order valence-corrected chi connectivity index (χ1v) is 10.0. The highest BCUT2D eigenvalue weighted by Gasteiger charge is 2.31. The van der Waals surface area contributed by atoms with E-state index in [1.54, 1.807) is 55.2 Å². The zero-order chi connectivity index (χ0) is 18.1. The summed E-state index contributed by atoms with van der Waals surface area (Å²) in [7, 11) is -3.23. The minimum absolute atomic E-state index is 0.183. The number of nitrogens with one attached hydrogen (secondary N) is 1. The Morgan fingerprint density at radius 2 is 1.88 bits per heavy atom. The van der Waals surface area contributed by atoms with E-state index in [9.17, 15) is 13.2 Å². The molecule has 2 aromatic rings. The highest BCUT2D eigenvalue weighted by atomic mass is 79.9. The Hall–Kier alpha value is -1.67. The van der Waals surface area contributed by atoms with Gasteiger partial charge in [-0.05, 0) is 54.4 Å². The third-order valence-electron chi connectivity index (χ3n) is 3.84. The minimum Gasteiger partial charge on any atom is -0.347 e. The van der Waals surface area contributed by atoms with Gasteiger partial charge in [0.05, 0.1) is 21.6 Å². The molecule has 2 rings (SSSR count). The lowest BCUT2D eigenvalue weighted by atomic mass is 10.0. The summed E-state index contributed by atoms with van der Waals surface area (Å²) in [5.41, 5.74) is -0.0272. The standard InChI is InChI=1S/C16H20BrN3O3S/c1-11(12-5-7-14(8-6-12)24(4,22)23)19-15(21)16(2,3)20-10-13(17)9-18-20/h5-11H,1-4H3,(H,19,21)/t11-/m1/s1. The first kappa shape index (κ1) is 18.7. The normalized spacial score (nSPS) is 13.5. The Labute approximate surface area is 150 Å². The molecular weight excluding hydrogens is 394 g/mol. The summed E-state index contributed by atoms with van der Waals surface area (Å²) in [4.78, 5) is 12.9. The van der Waals surface area contributed by atoms with Crippen molar-refractivity contribution in [1.29, 1.82) is 0 Å². The van der Waals surface area contributed by atoms with Crippen LogP contribution in [0.5, 0.6) is 0 Å². The van der Waals surface area contributed by atoms with Crippen LogP contribution in [0.3, 0.4) is 0 Å². The molecule has 0 aliphatic rings. The quantitative estimate of drug-likeness (QED) is 0.816. The van der Waals surface area contributed by atoms with Gasteiger partial charge in [0.1, 0.15) is 5.54 Å². The minimum atomic E-state index is -3.23. The van der Waals surface area contributed by atoms with Crippen LogP contribution in [0.2, 0.25) is 0 Å². The van der Waals surface area contributed by atoms with Crippen LogP contribution in [0.1, 0.15) is 32.4 Å². The lowest BCUT2D eigenvalue weighted by molar-refractivity contribution is -0.129. The number of amides is 1. The molecular formula is C16H20BrN3O3S. The van der Waals surface area contributed by atoms with Gasteiger partial charge in [-0.2, -0.15) is 5.10 Å². The predicted octanol–water partition coefficient (Wildman–Crippen LogP) is 2.66. The molecule has 6 nitrogen and oxygen atoms in total. The number of benzene rings is 1. The van der Waals surface area contributed by atoms with Crippen molar-refractivity contribution in [2.45, 2.75) is 37.2 Å². The number of halogens is 1. The molecule has 0 saturated heterocycles. The summed E-state index contributed by atoms with van der Waals surface area (Å²) in [5.74, 6) is -0.183. The van der Waals surface area contributed by atoms with Gasteiger partial charge in [-0.15, -0.1) is 0 Å². The molecule has 1 amide bonds. The Morgan fingerprint density at radius 3 is 2.33 bits per heavy atom. The fraction of sp³-hybridized carbons (Fsp3) is 0.375. The Bertz CT molecular complexity index is 842. The molecule has 0 fully saturated rings. The van der Waals surface area contributed by atoms with E-state index < -0.39 is 15.4 Å². The van der Waals surface area contributed by atoms with E-state index in [4.69, 9.17) is 0 Å². The van der Waals surface area contributed by atoms with Gasteiger partial charge >= 0.3 is 0 Å². The number of carbonyl (C=O) groups is 1. The molecule has 130 valence electrons. The van der Waals surface area contributed by atoms with Crippen LogP contribution in [0, 0.1) is 0 Å². The van der Waals surface area contributed by atoms with E-state index in [2.05, 4.69) is 26.3 Å². The van der Waals surface area contributed by atoms with Crippen LogP contribution in [0.25, 0.3) is 0 Å². The zero-order valence-electron chi connectivity index (χ0n) is 13.9. The molecule has 0 aliphatic carbocycles. The van der Waals surface area contributed by atoms with Crippen molar-refractivity contribution < 1.29 is 13.2 Å². The summed E-state index contributed by atoms with van der Waals surface area (Å²) >= 11 is 3.32. The van der Waals surface area contributed by atoms with Crippen molar-refractivity contribution in [3.63, 3.8) is 0 Å². The fourth-order valence-corrected chi connectivity index (χ4v) is 3.09. The molecule has 0 unspecified atom stereocenters. The van der Waals surface area contributed by atoms with Crippen molar-refractivity contribution in [2.24, 2.45) is 0 Å². The van der Waals surface area contributed by atoms with E-state index in [0.717, 1.165) is 16.3 Å². The van der Waals surface area contributed by atoms with Crippen LogP contribution in [-0.4, -0.2) is 30.4 Å². The fourth-order valence-electron chi connectivity index (χ4n) is 2.17. The molecule has 1 aromatic heterocycles. The number of sulfone groups is 1. The van der Waals surface area contributed by atoms with Gasteiger partial charge < -0.3 is 5.32 Å². The van der Waals surface area contributed by atoms with E-state index in [0.29, 0.717) is 0 Å². The van der Waals surface area contributed by atoms with E-state index in [1.807, 2.05) is 6.92 Å². The first-order chi connectivity index (χ1) is 11.0. The van der Waals surface area contributed by atoms with Gasteiger partial charge in [-0.1, -0.05) is 12.1 Å². The van der Waals surface area contributed by atoms with E-state index >= 15 is 0 Å². The summed E-state index contributed by atoms with van der Waals surface area (Å²) < 4.78 is 25.4. The highest BCUT2D eigenvalue weighted by molar-refractivity contribution is 9.10. The number of carbonyl (C=O) groups excluding carboxylic acids is 1. The Balaban J connectivity index is 2.14. The Morgan fingerprint density at radius 1 is 1.29 bits per heavy atom. The molecule has 1 atom stereocenters. The third-order valence-corrected chi connectivity index (χ3v) is 5.37. The molecule has 1 aromatic carbocycles. The lowest BCUT2D eigenvalue weighted by Gasteiger charge is -2.26. The monoisotopic (exact) mass is 413 g/mol. The molecule has 24 heavy (non-hydrogen) atoms. The van der Waals surface area contributed by atoms with Crippen LogP contribution < -0.4 is 5.32 Å². The second-order valence-electron chi connectivity index (χ2n) is 6.20. The van der Waals surface area contributed by atoms with Crippen LogP contribution in [0.15, 0.2) is 46.0 Å². The summed E-state index contributed by atoms with van der Waals surface area (Å²) in [6.45, 7) is 5.41. The van der Waals surface area contributed by atoms with Gasteiger partial charge in [-0.3, -0.25) is 9.48 Å². The maximum absolute atomic E-state index is 12.6. The number of hydrogen-bond donors (Lipinski definition) is 1. The first-order valence-electron chi connectivity index (χ1n) is 7.33. The number of hydrogen-bond acceptors (Lipinski definition) is 4. The van der Waals surface area contributed by atoms with Gasteiger partial charge in [0, 0.05) is 12.5 Å². The lowest BCUT2D eigenvalue weighted by Crippen LogP contribution is -2.45. The molecule has 0 bridgehead atoms. The van der Waals surface area contributed by atoms with Gasteiger partial charge in [0.15, 0.2) is 9.84 Å². The smallest absolute Gasteiger partial charge is 0.247 e. The summed E-state index contributed by atoms with van der Waals surface area (Å²) in [6, 6.07) is 6.24. The van der Waals surface area contributed by atoms with Gasteiger partial charge in [-0.25, -0.2) is 8.42 Å². The van der Waals surface area contributed by atoms with Gasteiger partial charge in [0.2, 0.25) is 5.91 Å².